The summed E-state index contributed by atoms with van der Waals surface area (Å²) in [5.41, 5.74) is 0. The van der Waals surface area contributed by atoms with Crippen molar-refractivity contribution in [1.82, 2.24) is 0 Å². The van der Waals surface area contributed by atoms with Crippen LogP contribution in [0.3, 0.4) is 0 Å². The van der Waals surface area contributed by atoms with Gasteiger partial charge in [0.05, 0.1) is 0 Å². The summed E-state index contributed by atoms with van der Waals surface area (Å²) in [4.78, 5) is 3.58. The van der Waals surface area contributed by atoms with Crippen LogP contribution >= 0.6 is 33.8 Å². The highest BCUT2D eigenvalue weighted by atomic mass is 33.1. The lowest BCUT2D eigenvalue weighted by Crippen LogP contribution is -1.76. The van der Waals surface area contributed by atoms with Gasteiger partial charge in [0, 0.05) is 9.77 Å². The number of allylic oxidation sites excluding steroid dienone is 3. The largest absolute Gasteiger partial charge is 0.0852 e. The van der Waals surface area contributed by atoms with Gasteiger partial charge in [-0.2, -0.15) is 0 Å². The van der Waals surface area contributed by atoms with Gasteiger partial charge in [0.15, 0.2) is 0 Å². The molecule has 0 saturated carbocycles. The monoisotopic (exact) mass is 188 g/mol. The van der Waals surface area contributed by atoms with E-state index in [0.29, 0.717) is 0 Å². The van der Waals surface area contributed by atoms with E-state index < -0.39 is 0 Å². The zero-order valence-corrected chi connectivity index (χ0v) is 8.33. The Hall–Kier alpha value is 0.270. The Morgan fingerprint density at radius 1 is 1.60 bits per heavy atom. The lowest BCUT2D eigenvalue weighted by Gasteiger charge is -1.87. The van der Waals surface area contributed by atoms with Crippen molar-refractivity contribution >= 4 is 38.7 Å². The van der Waals surface area contributed by atoms with Crippen molar-refractivity contribution in [2.45, 2.75) is 13.8 Å². The van der Waals surface area contributed by atoms with Crippen molar-refractivity contribution < 1.29 is 0 Å². The van der Waals surface area contributed by atoms with Crippen LogP contribution in [0.5, 0.6) is 0 Å². The van der Waals surface area contributed by atoms with Crippen LogP contribution in [0.15, 0.2) is 22.0 Å². The molecule has 54 valence electrons. The third kappa shape index (κ3) is 2.48. The molecule has 0 amide bonds. The van der Waals surface area contributed by atoms with Gasteiger partial charge in [-0.3, -0.25) is 0 Å². The molecule has 0 aromatic rings. The molecular formula is C7H8S3. The highest BCUT2D eigenvalue weighted by molar-refractivity contribution is 8.80. The van der Waals surface area contributed by atoms with Crippen LogP contribution in [0.2, 0.25) is 0 Å². The van der Waals surface area contributed by atoms with Gasteiger partial charge in [0.25, 0.3) is 0 Å². The second-order valence-corrected chi connectivity index (χ2v) is 5.17. The fourth-order valence-electron chi connectivity index (χ4n) is 0.628. The van der Waals surface area contributed by atoms with Crippen LogP contribution in [0.4, 0.5) is 0 Å². The molecule has 0 aromatic heterocycles. The van der Waals surface area contributed by atoms with Crippen LogP contribution < -0.4 is 0 Å². The third-order valence-electron chi connectivity index (χ3n) is 0.960. The van der Waals surface area contributed by atoms with Crippen LogP contribution in [0.25, 0.3) is 0 Å². The molecule has 0 bridgehead atoms. The van der Waals surface area contributed by atoms with Gasteiger partial charge in [-0.25, -0.2) is 0 Å². The van der Waals surface area contributed by atoms with E-state index in [4.69, 9.17) is 12.2 Å². The summed E-state index contributed by atoms with van der Waals surface area (Å²) in [6.07, 6.45) is 4.19. The third-order valence-corrected chi connectivity index (χ3v) is 3.59. The molecule has 1 rings (SSSR count). The molecule has 0 radical (unpaired) electrons. The van der Waals surface area contributed by atoms with Crippen LogP contribution in [-0.2, 0) is 0 Å². The van der Waals surface area contributed by atoms with Crippen molar-refractivity contribution in [3.8, 4) is 0 Å². The molecule has 0 aromatic carbocycles. The number of hydrogen-bond acceptors (Lipinski definition) is 3. The van der Waals surface area contributed by atoms with Crippen LogP contribution in [0, 0.1) is 0 Å². The van der Waals surface area contributed by atoms with Crippen LogP contribution in [0.1, 0.15) is 13.8 Å². The molecule has 0 saturated heterocycles. The van der Waals surface area contributed by atoms with E-state index in [9.17, 15) is 0 Å². The fraction of sp³-hybridized carbons (Fsp3) is 0.286. The lowest BCUT2D eigenvalue weighted by atomic mass is 10.4. The number of hydrogen-bond donors (Lipinski definition) is 0. The van der Waals surface area contributed by atoms with Gasteiger partial charge < -0.3 is 0 Å². The maximum Gasteiger partial charge on any atom is 0.0205 e. The zero-order chi connectivity index (χ0) is 7.56. The molecule has 0 atom stereocenters. The summed E-state index contributed by atoms with van der Waals surface area (Å²) in [5.74, 6) is 0. The maximum absolute atomic E-state index is 4.94. The first-order valence-electron chi connectivity index (χ1n) is 2.93. The summed E-state index contributed by atoms with van der Waals surface area (Å²) in [7, 11) is 3.57. The molecule has 0 N–H and O–H groups in total. The minimum atomic E-state index is 0.953. The molecule has 0 fully saturated rings. The molecule has 0 nitrogen and oxygen atoms in total. The van der Waals surface area contributed by atoms with E-state index in [1.54, 1.807) is 21.6 Å². The minimum Gasteiger partial charge on any atom is -0.0852 e. The molecule has 0 spiro atoms. The molecular weight excluding hydrogens is 180 g/mol. The number of thiocarbonyl (C=S) groups is 1. The predicted octanol–water partition coefficient (Wildman–Crippen LogP) is 3.56. The van der Waals surface area contributed by atoms with E-state index in [1.165, 1.54) is 9.81 Å². The summed E-state index contributed by atoms with van der Waals surface area (Å²) in [5, 5.41) is 0. The fourth-order valence-corrected chi connectivity index (χ4v) is 2.87. The van der Waals surface area contributed by atoms with Crippen molar-refractivity contribution in [1.29, 1.82) is 0 Å². The predicted molar refractivity (Wildman–Crippen MR) is 55.3 cm³/mol. The molecule has 1 heterocycles. The topological polar surface area (TPSA) is 0 Å². The minimum absolute atomic E-state index is 0.953. The molecule has 1 aliphatic heterocycles. The summed E-state index contributed by atoms with van der Waals surface area (Å²) in [6, 6.07) is 0. The Bertz CT molecular complexity index is 213. The van der Waals surface area contributed by atoms with Gasteiger partial charge in [-0.05, 0) is 30.9 Å². The average Bonchev–Trinajstić information content (AvgIpc) is 2.13. The Labute approximate surface area is 74.5 Å². The first-order valence-corrected chi connectivity index (χ1v) is 5.49. The van der Waals surface area contributed by atoms with Gasteiger partial charge in [0.2, 0.25) is 0 Å². The van der Waals surface area contributed by atoms with Gasteiger partial charge >= 0.3 is 0 Å². The molecule has 1 aliphatic rings. The van der Waals surface area contributed by atoms with Crippen LogP contribution in [-0.4, -0.2) is 4.86 Å². The van der Waals surface area contributed by atoms with Gasteiger partial charge in [-0.1, -0.05) is 33.8 Å². The molecule has 3 heteroatoms. The SMILES string of the molecule is CC(=S)/C=C1/C=C(C)SS1. The highest BCUT2D eigenvalue weighted by Gasteiger charge is 2.05. The van der Waals surface area contributed by atoms with Crippen molar-refractivity contribution in [3.63, 3.8) is 0 Å². The lowest BCUT2D eigenvalue weighted by molar-refractivity contribution is 1.68. The van der Waals surface area contributed by atoms with E-state index in [0.717, 1.165) is 4.86 Å². The second-order valence-electron chi connectivity index (χ2n) is 2.08. The van der Waals surface area contributed by atoms with E-state index in [-0.39, 0.29) is 0 Å². The van der Waals surface area contributed by atoms with Gasteiger partial charge in [-0.15, -0.1) is 0 Å². The van der Waals surface area contributed by atoms with Crippen molar-refractivity contribution in [3.05, 3.63) is 22.0 Å². The van der Waals surface area contributed by atoms with E-state index >= 15 is 0 Å². The van der Waals surface area contributed by atoms with Crippen molar-refractivity contribution in [2.24, 2.45) is 0 Å². The first kappa shape index (κ1) is 8.37. The molecule has 0 unspecified atom stereocenters. The first-order chi connectivity index (χ1) is 4.68. The quantitative estimate of drug-likeness (QED) is 0.351. The standard InChI is InChI=1S/C7H8S3/c1-5(8)3-7-4-6(2)9-10-7/h3-4H,1-2H3/b7-3-. The summed E-state index contributed by atoms with van der Waals surface area (Å²) >= 11 is 4.94. The second kappa shape index (κ2) is 3.60. The van der Waals surface area contributed by atoms with Gasteiger partial charge in [0.1, 0.15) is 0 Å². The maximum atomic E-state index is 4.94. The summed E-state index contributed by atoms with van der Waals surface area (Å²) in [6.45, 7) is 4.05. The normalized spacial score (nSPS) is 21.4. The number of rotatable bonds is 1. The summed E-state index contributed by atoms with van der Waals surface area (Å²) < 4.78 is 0. The zero-order valence-electron chi connectivity index (χ0n) is 5.88. The Morgan fingerprint density at radius 2 is 2.30 bits per heavy atom. The van der Waals surface area contributed by atoms with Crippen molar-refractivity contribution in [2.75, 3.05) is 0 Å². The Morgan fingerprint density at radius 3 is 2.70 bits per heavy atom. The smallest absolute Gasteiger partial charge is 0.0205 e. The van der Waals surface area contributed by atoms with E-state index in [2.05, 4.69) is 13.0 Å². The average molecular weight is 188 g/mol. The Kier molecular flexibility index (Phi) is 3.01. The molecule has 10 heavy (non-hydrogen) atoms. The highest BCUT2D eigenvalue weighted by Crippen LogP contribution is 2.44. The van der Waals surface area contributed by atoms with E-state index in [1.807, 2.05) is 13.0 Å². The molecule has 0 aliphatic carbocycles. The Balaban J connectivity index is 2.68.